The average molecular weight is 341 g/mol. The fraction of sp³-hybridized carbons (Fsp3) is 0.765. The summed E-state index contributed by atoms with van der Waals surface area (Å²) in [6.07, 6.45) is 8.74. The lowest BCUT2D eigenvalue weighted by Gasteiger charge is -2.39. The van der Waals surface area contributed by atoms with Gasteiger partial charge in [-0.25, -0.2) is 0 Å². The standard InChI is InChI=1S/C17H28N4O.ClH/c1-17(2)7-5-4-6-15(17)20-16(22)14-10-18-9-13(14)12-8-19-21(3)11-12;/h8,11,13-15,18H,4-7,9-10H2,1-3H3,(H,20,22);1H/t13-,14+,15?;/m1./s1. The van der Waals surface area contributed by atoms with E-state index in [1.807, 2.05) is 24.1 Å². The van der Waals surface area contributed by atoms with Crippen molar-refractivity contribution in [2.75, 3.05) is 13.1 Å². The molecule has 0 radical (unpaired) electrons. The van der Waals surface area contributed by atoms with Crippen LogP contribution in [0.25, 0.3) is 0 Å². The van der Waals surface area contributed by atoms with E-state index < -0.39 is 0 Å². The average Bonchev–Trinajstić information content (AvgIpc) is 3.09. The molecule has 2 fully saturated rings. The van der Waals surface area contributed by atoms with Crippen molar-refractivity contribution in [1.29, 1.82) is 0 Å². The number of carbonyl (C=O) groups excluding carboxylic acids is 1. The number of nitrogens with one attached hydrogen (secondary N) is 2. The Labute approximate surface area is 145 Å². The Morgan fingerprint density at radius 2 is 2.17 bits per heavy atom. The van der Waals surface area contributed by atoms with Gasteiger partial charge in [-0.15, -0.1) is 12.4 Å². The third kappa shape index (κ3) is 3.89. The lowest BCUT2D eigenvalue weighted by molar-refractivity contribution is -0.126. The molecule has 0 bridgehead atoms. The lowest BCUT2D eigenvalue weighted by Crippen LogP contribution is -2.49. The van der Waals surface area contributed by atoms with Crippen molar-refractivity contribution in [1.82, 2.24) is 20.4 Å². The fourth-order valence-electron chi connectivity index (χ4n) is 3.98. The zero-order valence-corrected chi connectivity index (χ0v) is 15.2. The highest BCUT2D eigenvalue weighted by molar-refractivity contribution is 5.85. The SMILES string of the molecule is Cl.Cn1cc([C@H]2CNC[C@@H]2C(=O)NC2CCCCC2(C)C)cn1. The van der Waals surface area contributed by atoms with Crippen LogP contribution >= 0.6 is 12.4 Å². The molecule has 5 nitrogen and oxygen atoms in total. The monoisotopic (exact) mass is 340 g/mol. The van der Waals surface area contributed by atoms with E-state index in [0.717, 1.165) is 25.1 Å². The van der Waals surface area contributed by atoms with Gasteiger partial charge in [0.05, 0.1) is 12.1 Å². The first-order valence-corrected chi connectivity index (χ1v) is 8.47. The third-order valence-corrected chi connectivity index (χ3v) is 5.53. The Hall–Kier alpha value is -1.07. The van der Waals surface area contributed by atoms with Gasteiger partial charge in [0.25, 0.3) is 0 Å². The quantitative estimate of drug-likeness (QED) is 0.887. The highest BCUT2D eigenvalue weighted by Crippen LogP contribution is 2.36. The van der Waals surface area contributed by atoms with Gasteiger partial charge in [-0.3, -0.25) is 9.48 Å². The summed E-state index contributed by atoms with van der Waals surface area (Å²) < 4.78 is 1.81. The summed E-state index contributed by atoms with van der Waals surface area (Å²) in [5.41, 5.74) is 1.37. The maximum atomic E-state index is 12.8. The topological polar surface area (TPSA) is 59.0 Å². The molecule has 1 amide bonds. The molecule has 0 aromatic carbocycles. The van der Waals surface area contributed by atoms with Gasteiger partial charge in [-0.1, -0.05) is 26.7 Å². The fourth-order valence-corrected chi connectivity index (χ4v) is 3.98. The van der Waals surface area contributed by atoms with Gasteiger partial charge < -0.3 is 10.6 Å². The van der Waals surface area contributed by atoms with Crippen molar-refractivity contribution in [3.8, 4) is 0 Å². The van der Waals surface area contributed by atoms with Crippen LogP contribution in [-0.2, 0) is 11.8 Å². The molecule has 130 valence electrons. The van der Waals surface area contributed by atoms with E-state index in [1.54, 1.807) is 0 Å². The first-order chi connectivity index (χ1) is 10.5. The number of aryl methyl sites for hydroxylation is 1. The summed E-state index contributed by atoms with van der Waals surface area (Å²) in [6.45, 7) is 6.18. The molecule has 3 atom stereocenters. The molecule has 0 spiro atoms. The van der Waals surface area contributed by atoms with Crippen LogP contribution in [0, 0.1) is 11.3 Å². The molecule has 1 unspecified atom stereocenters. The lowest BCUT2D eigenvalue weighted by atomic mass is 9.73. The Morgan fingerprint density at radius 1 is 1.39 bits per heavy atom. The second-order valence-electron chi connectivity index (χ2n) is 7.61. The Balaban J connectivity index is 0.00000192. The van der Waals surface area contributed by atoms with E-state index in [4.69, 9.17) is 0 Å². The van der Waals surface area contributed by atoms with Gasteiger partial charge in [-0.05, 0) is 23.8 Å². The first-order valence-electron chi connectivity index (χ1n) is 8.47. The maximum absolute atomic E-state index is 12.8. The number of hydrogen-bond acceptors (Lipinski definition) is 3. The highest BCUT2D eigenvalue weighted by Gasteiger charge is 2.38. The van der Waals surface area contributed by atoms with E-state index in [1.165, 1.54) is 19.3 Å². The largest absolute Gasteiger partial charge is 0.353 e. The molecule has 6 heteroatoms. The molecule has 1 aliphatic heterocycles. The molecular formula is C17H29ClN4O. The summed E-state index contributed by atoms with van der Waals surface area (Å²) in [5.74, 6) is 0.459. The van der Waals surface area contributed by atoms with Crippen LogP contribution in [0.15, 0.2) is 12.4 Å². The minimum Gasteiger partial charge on any atom is -0.353 e. The van der Waals surface area contributed by atoms with Gasteiger partial charge >= 0.3 is 0 Å². The zero-order valence-electron chi connectivity index (χ0n) is 14.3. The minimum atomic E-state index is 0. The number of carbonyl (C=O) groups is 1. The van der Waals surface area contributed by atoms with E-state index in [0.29, 0.717) is 6.04 Å². The predicted octanol–water partition coefficient (Wildman–Crippen LogP) is 2.23. The van der Waals surface area contributed by atoms with E-state index in [2.05, 4.69) is 29.6 Å². The predicted molar refractivity (Wildman–Crippen MR) is 93.7 cm³/mol. The van der Waals surface area contributed by atoms with Gasteiger partial charge in [0.2, 0.25) is 5.91 Å². The van der Waals surface area contributed by atoms with Gasteiger partial charge in [0.1, 0.15) is 0 Å². The molecule has 3 rings (SSSR count). The molecular weight excluding hydrogens is 312 g/mol. The molecule has 2 heterocycles. The summed E-state index contributed by atoms with van der Waals surface area (Å²) in [4.78, 5) is 12.8. The molecule has 23 heavy (non-hydrogen) atoms. The van der Waals surface area contributed by atoms with Crippen LogP contribution in [0.4, 0.5) is 0 Å². The van der Waals surface area contributed by atoms with Crippen molar-refractivity contribution >= 4 is 18.3 Å². The molecule has 2 N–H and O–H groups in total. The van der Waals surface area contributed by atoms with Gasteiger partial charge in [0.15, 0.2) is 0 Å². The Kier molecular flexibility index (Phi) is 5.74. The zero-order chi connectivity index (χ0) is 15.7. The smallest absolute Gasteiger partial charge is 0.225 e. The van der Waals surface area contributed by atoms with Crippen molar-refractivity contribution < 1.29 is 4.79 Å². The van der Waals surface area contributed by atoms with Crippen molar-refractivity contribution in [3.05, 3.63) is 18.0 Å². The van der Waals surface area contributed by atoms with Crippen LogP contribution in [0.3, 0.4) is 0 Å². The van der Waals surface area contributed by atoms with Crippen LogP contribution in [0.5, 0.6) is 0 Å². The van der Waals surface area contributed by atoms with Crippen LogP contribution in [0.1, 0.15) is 51.0 Å². The number of aromatic nitrogens is 2. The number of hydrogen-bond donors (Lipinski definition) is 2. The number of amides is 1. The van der Waals surface area contributed by atoms with Crippen molar-refractivity contribution in [2.24, 2.45) is 18.4 Å². The van der Waals surface area contributed by atoms with Gasteiger partial charge in [-0.2, -0.15) is 5.10 Å². The Morgan fingerprint density at radius 3 is 2.83 bits per heavy atom. The number of rotatable bonds is 3. The maximum Gasteiger partial charge on any atom is 0.225 e. The first kappa shape index (κ1) is 18.3. The van der Waals surface area contributed by atoms with E-state index >= 15 is 0 Å². The molecule has 1 aromatic rings. The highest BCUT2D eigenvalue weighted by atomic mass is 35.5. The van der Waals surface area contributed by atoms with Crippen LogP contribution in [0.2, 0.25) is 0 Å². The number of nitrogens with zero attached hydrogens (tertiary/aromatic N) is 2. The summed E-state index contributed by atoms with van der Waals surface area (Å²) in [6, 6.07) is 0.309. The third-order valence-electron chi connectivity index (χ3n) is 5.53. The Bertz CT molecular complexity index is 542. The minimum absolute atomic E-state index is 0. The molecule has 1 saturated heterocycles. The molecule has 1 aromatic heterocycles. The summed E-state index contributed by atoms with van der Waals surface area (Å²) in [5, 5.41) is 11.0. The second-order valence-corrected chi connectivity index (χ2v) is 7.61. The molecule has 1 aliphatic carbocycles. The molecule has 1 saturated carbocycles. The summed E-state index contributed by atoms with van der Waals surface area (Å²) >= 11 is 0. The van der Waals surface area contributed by atoms with Gasteiger partial charge in [0, 0.05) is 38.3 Å². The summed E-state index contributed by atoms with van der Waals surface area (Å²) in [7, 11) is 1.92. The van der Waals surface area contributed by atoms with E-state index in [9.17, 15) is 4.79 Å². The van der Waals surface area contributed by atoms with Crippen LogP contribution < -0.4 is 10.6 Å². The second kappa shape index (κ2) is 7.22. The van der Waals surface area contributed by atoms with Crippen LogP contribution in [-0.4, -0.2) is 34.8 Å². The van der Waals surface area contributed by atoms with Crippen molar-refractivity contribution in [2.45, 2.75) is 51.5 Å². The number of halogens is 1. The van der Waals surface area contributed by atoms with Crippen molar-refractivity contribution in [3.63, 3.8) is 0 Å². The van der Waals surface area contributed by atoms with E-state index in [-0.39, 0.29) is 35.6 Å². The normalized spacial score (nSPS) is 29.8. The molecule has 2 aliphatic rings.